The number of ether oxygens (including phenoxy) is 5. The van der Waals surface area contributed by atoms with Gasteiger partial charge in [0, 0.05) is 13.2 Å². The first-order valence-corrected chi connectivity index (χ1v) is 31.7. The number of hydrogen-bond donors (Lipinski definition) is 0. The van der Waals surface area contributed by atoms with Crippen LogP contribution in [0, 0.1) is 0 Å². The summed E-state index contributed by atoms with van der Waals surface area (Å²) in [5, 5.41) is 0. The average Bonchev–Trinajstić information content (AvgIpc) is 0.706. The fourth-order valence-corrected chi connectivity index (χ4v) is 6.82. The van der Waals surface area contributed by atoms with Gasteiger partial charge in [-0.15, -0.1) is 0 Å². The van der Waals surface area contributed by atoms with Crippen LogP contribution in [0.1, 0.15) is 25.0 Å². The molecule has 2 aromatic carbocycles. The summed E-state index contributed by atoms with van der Waals surface area (Å²) < 4.78 is 828. The van der Waals surface area contributed by atoms with Gasteiger partial charge in [0.2, 0.25) is 0 Å². The number of rotatable bonds is 41. The third-order valence-corrected chi connectivity index (χ3v) is 14.7. The summed E-state index contributed by atoms with van der Waals surface area (Å²) in [6.45, 7) is 9.30. The Kier molecular flexibility index (Phi) is 44.7. The van der Waals surface area contributed by atoms with Crippen molar-refractivity contribution in [1.29, 1.82) is 0 Å². The lowest BCUT2D eigenvalue weighted by Gasteiger charge is -2.42. The van der Waals surface area contributed by atoms with E-state index in [-0.39, 0.29) is 12.5 Å². The van der Waals surface area contributed by atoms with E-state index in [4.69, 9.17) is 0 Å². The molecular formula is C63H44F64O8. The van der Waals surface area contributed by atoms with E-state index in [1.807, 2.05) is 72.8 Å². The second-order valence-corrected chi connectivity index (χ2v) is 23.7. The van der Waals surface area contributed by atoms with E-state index in [1.54, 1.807) is 0 Å². The van der Waals surface area contributed by atoms with Crippen LogP contribution >= 0.6 is 0 Å². The standard InChI is InChI=1S/C11H4F16O2.C11H8F16O.C9H4F12O2.C9H8F12O.2C8H8.C7H4F8O2/c1-2-29-4(28)6(16,17)8(20,21)10(24,25)11(26,27)9(22,23)7(18,19)5(14,15)3(12)13;1-2-28-3-5(14,15)7(18,19)9(22,23)11(26,27)10(24,25)8(20,21)6(16,17)4(12)13;1-2-23-4(22)6(14,15)8(18,19)9(20,21)7(16,17)5(12,13)3(10)11;1-2-22-3-5(12,13)7(16,17)9(20,21)8(18,19)6(14,15)4(10)11;2*1-2-8-6-4-3-5-7-8;1-2-17-4(16)6(12,13)7(14,15)5(10,11)3(8)9/h2-3H,1H2;4H,2-3H2,1H3;2-3H,1H2;4H,2-3H2,1H3;2*2-7H,1H2;2-3H,1H2. The molecule has 0 bridgehead atoms. The molecular weight excluding hydrogens is 2100 g/mol. The maximum atomic E-state index is 13.2. The van der Waals surface area contributed by atoms with Crippen LogP contribution in [0.3, 0.4) is 0 Å². The third kappa shape index (κ3) is 24.8. The SMILES string of the molecule is C=COC(=O)C(F)(F)C(F)(F)C(F)(F)C(F)(F)C(F)(F)C(F)(F)C(F)(F)C(F)F.C=COC(=O)C(F)(F)C(F)(F)C(F)(F)C(F)(F)C(F)(F)C(F)F.C=COC(=O)C(F)(F)C(F)(F)C(F)(F)C(F)F.C=Cc1ccccc1.C=Cc1ccccc1.CCOCC(F)(F)C(F)(F)C(F)(F)C(F)(F)C(F)(F)C(F)(F)C(F)(F)C(F)F.CCOCC(F)(F)C(F)(F)C(F)(F)C(F)(F)C(F)(F)C(F)F. The molecule has 0 aromatic heterocycles. The lowest BCUT2D eigenvalue weighted by molar-refractivity contribution is -0.448. The van der Waals surface area contributed by atoms with E-state index < -0.39 is 243 Å². The summed E-state index contributed by atoms with van der Waals surface area (Å²) >= 11 is 0. The number of carbonyl (C=O) groups excluding carboxylic acids is 3. The van der Waals surface area contributed by atoms with Gasteiger partial charge in [0.05, 0.1) is 18.8 Å². The molecule has 0 saturated carbocycles. The van der Waals surface area contributed by atoms with Crippen LogP contribution in [-0.4, -0.2) is 236 Å². The van der Waals surface area contributed by atoms with Crippen LogP contribution < -0.4 is 0 Å². The van der Waals surface area contributed by atoms with Crippen molar-refractivity contribution in [2.45, 2.75) is 206 Å². The second kappa shape index (κ2) is 44.8. The Bertz CT molecular complexity index is 4040. The maximum absolute atomic E-state index is 13.2. The van der Waals surface area contributed by atoms with Gasteiger partial charge in [-0.05, 0) is 25.0 Å². The number of halogens is 64. The number of alkyl halides is 64. The number of benzene rings is 2. The van der Waals surface area contributed by atoms with E-state index in [0.29, 0.717) is 0 Å². The Labute approximate surface area is 704 Å². The van der Waals surface area contributed by atoms with E-state index in [1.165, 1.54) is 11.1 Å². The Morgan fingerprint density at radius 3 is 0.548 bits per heavy atom. The number of carbonyl (C=O) groups is 3. The summed E-state index contributed by atoms with van der Waals surface area (Å²) in [6, 6.07) is 20.1. The monoisotopic (exact) mass is 2140 g/mol. The fraction of sp³-hybridized carbons (Fsp3) is 0.603. The minimum absolute atomic E-state index is 0.0349. The summed E-state index contributed by atoms with van der Waals surface area (Å²) in [4.78, 5) is 31.2. The van der Waals surface area contributed by atoms with Crippen molar-refractivity contribution in [2.75, 3.05) is 26.4 Å². The first kappa shape index (κ1) is 134. The van der Waals surface area contributed by atoms with Crippen LogP contribution in [0.15, 0.2) is 112 Å². The van der Waals surface area contributed by atoms with Crippen molar-refractivity contribution in [1.82, 2.24) is 0 Å². The zero-order chi connectivity index (χ0) is 110. The van der Waals surface area contributed by atoms with Crippen LogP contribution in [0.5, 0.6) is 0 Å². The molecule has 792 valence electrons. The highest BCUT2D eigenvalue weighted by atomic mass is 19.4. The Balaban J connectivity index is -0.000000503. The molecule has 0 atom stereocenters. The predicted octanol–water partition coefficient (Wildman–Crippen LogP) is 27.2. The van der Waals surface area contributed by atoms with Gasteiger partial charge in [0.1, 0.15) is 13.2 Å². The maximum Gasteiger partial charge on any atom is 0.411 e. The number of esters is 3. The van der Waals surface area contributed by atoms with Crippen molar-refractivity contribution in [3.8, 4) is 0 Å². The lowest BCUT2D eigenvalue weighted by atomic mass is 9.89. The highest BCUT2D eigenvalue weighted by molar-refractivity contribution is 5.81. The van der Waals surface area contributed by atoms with Crippen molar-refractivity contribution in [2.24, 2.45) is 0 Å². The first-order chi connectivity index (χ1) is 59.1. The first-order valence-electron chi connectivity index (χ1n) is 31.7. The summed E-state index contributed by atoms with van der Waals surface area (Å²) in [5.41, 5.74) is 2.35. The van der Waals surface area contributed by atoms with Gasteiger partial charge in [-0.1, -0.05) is 106 Å². The second-order valence-electron chi connectivity index (χ2n) is 23.7. The molecule has 0 heterocycles. The minimum Gasteiger partial charge on any atom is -0.431 e. The molecule has 0 amide bonds. The summed E-state index contributed by atoms with van der Waals surface area (Å²) in [5.74, 6) is -212. The van der Waals surface area contributed by atoms with Crippen molar-refractivity contribution >= 4 is 30.1 Å². The number of hydrogen-bond acceptors (Lipinski definition) is 8. The van der Waals surface area contributed by atoms with Gasteiger partial charge in [0.15, 0.2) is 0 Å². The molecule has 8 nitrogen and oxygen atoms in total. The van der Waals surface area contributed by atoms with Gasteiger partial charge in [-0.3, -0.25) is 0 Å². The molecule has 0 radical (unpaired) electrons. The largest absolute Gasteiger partial charge is 0.431 e. The van der Waals surface area contributed by atoms with Crippen LogP contribution in [0.4, 0.5) is 281 Å². The summed E-state index contributed by atoms with van der Waals surface area (Å²) in [7, 11) is 0. The van der Waals surface area contributed by atoms with Gasteiger partial charge >= 0.3 is 210 Å². The molecule has 0 aliphatic heterocycles. The predicted molar refractivity (Wildman–Crippen MR) is 319 cm³/mol. The Hall–Kier alpha value is -9.01. The molecule has 135 heavy (non-hydrogen) atoms. The Morgan fingerprint density at radius 1 is 0.237 bits per heavy atom. The molecule has 0 fully saturated rings. The third-order valence-electron chi connectivity index (χ3n) is 14.7. The fourth-order valence-electron chi connectivity index (χ4n) is 6.82. The van der Waals surface area contributed by atoms with Gasteiger partial charge in [-0.25, -0.2) is 58.3 Å². The molecule has 2 aromatic rings. The highest BCUT2D eigenvalue weighted by Gasteiger charge is 2.97. The lowest BCUT2D eigenvalue weighted by Crippen LogP contribution is -2.74. The van der Waals surface area contributed by atoms with Gasteiger partial charge in [0.25, 0.3) is 0 Å². The normalized spacial score (nSPS) is 14.5. The molecule has 0 aliphatic carbocycles. The van der Waals surface area contributed by atoms with E-state index in [0.717, 1.165) is 13.8 Å². The summed E-state index contributed by atoms with van der Waals surface area (Å²) in [6.07, 6.45) is -25.1. The van der Waals surface area contributed by atoms with Crippen LogP contribution in [0.2, 0.25) is 0 Å². The smallest absolute Gasteiger partial charge is 0.411 e. The molecule has 0 N–H and O–H groups in total. The highest BCUT2D eigenvalue weighted by Crippen LogP contribution is 2.67. The van der Waals surface area contributed by atoms with Crippen molar-refractivity contribution < 1.29 is 319 Å². The average molecular weight is 2140 g/mol. The van der Waals surface area contributed by atoms with Crippen LogP contribution in [-0.2, 0) is 38.1 Å². The molecule has 72 heteroatoms. The Morgan fingerprint density at radius 2 is 0.385 bits per heavy atom. The topological polar surface area (TPSA) is 97.4 Å². The molecule has 2 rings (SSSR count). The zero-order valence-electron chi connectivity index (χ0n) is 63.4. The van der Waals surface area contributed by atoms with E-state index >= 15 is 0 Å². The van der Waals surface area contributed by atoms with Gasteiger partial charge in [-0.2, -0.15) is 237 Å². The molecule has 0 unspecified atom stereocenters. The minimum atomic E-state index is -8.55. The zero-order valence-corrected chi connectivity index (χ0v) is 63.4. The van der Waals surface area contributed by atoms with Crippen molar-refractivity contribution in [3.63, 3.8) is 0 Å². The molecule has 0 aliphatic rings. The van der Waals surface area contributed by atoms with Gasteiger partial charge < -0.3 is 23.7 Å². The quantitative estimate of drug-likeness (QED) is 0.0281. The molecule has 0 saturated heterocycles. The van der Waals surface area contributed by atoms with E-state index in [9.17, 15) is 295 Å². The van der Waals surface area contributed by atoms with Crippen LogP contribution in [0.25, 0.3) is 12.2 Å². The molecule has 0 spiro atoms. The van der Waals surface area contributed by atoms with Crippen molar-refractivity contribution in [3.05, 3.63) is 123 Å². The van der Waals surface area contributed by atoms with E-state index in [2.05, 4.69) is 56.6 Å².